The van der Waals surface area contributed by atoms with Gasteiger partial charge in [0.25, 0.3) is 0 Å². The van der Waals surface area contributed by atoms with E-state index in [1.165, 1.54) is 0 Å². The highest BCUT2D eigenvalue weighted by atomic mass is 16.5. The monoisotopic (exact) mass is 279 g/mol. The van der Waals surface area contributed by atoms with Gasteiger partial charge in [-0.3, -0.25) is 4.79 Å². The molecular formula is C18H17NO2. The average molecular weight is 279 g/mol. The zero-order valence-corrected chi connectivity index (χ0v) is 12.0. The summed E-state index contributed by atoms with van der Waals surface area (Å²) < 4.78 is 5.42. The zero-order chi connectivity index (χ0) is 15.1. The van der Waals surface area contributed by atoms with Gasteiger partial charge in [0.2, 0.25) is 0 Å². The molecule has 3 heteroatoms. The zero-order valence-electron chi connectivity index (χ0n) is 12.0. The van der Waals surface area contributed by atoms with Crippen LogP contribution in [0.25, 0.3) is 0 Å². The minimum absolute atomic E-state index is 0.0516. The van der Waals surface area contributed by atoms with Crippen molar-refractivity contribution in [3.63, 3.8) is 0 Å². The quantitative estimate of drug-likeness (QED) is 0.752. The van der Waals surface area contributed by atoms with Crippen molar-refractivity contribution in [2.45, 2.75) is 19.3 Å². The number of nitriles is 1. The molecule has 0 N–H and O–H groups in total. The molecule has 1 atom stereocenters. The Labute approximate surface area is 124 Å². The van der Waals surface area contributed by atoms with Gasteiger partial charge in [0.1, 0.15) is 5.75 Å². The molecule has 0 aliphatic rings. The van der Waals surface area contributed by atoms with Gasteiger partial charge in [-0.1, -0.05) is 42.5 Å². The highest BCUT2D eigenvalue weighted by Gasteiger charge is 2.22. The first-order valence-electron chi connectivity index (χ1n) is 6.95. The molecule has 0 aromatic heterocycles. The van der Waals surface area contributed by atoms with Crippen LogP contribution in [-0.2, 0) is 0 Å². The topological polar surface area (TPSA) is 50.1 Å². The van der Waals surface area contributed by atoms with Crippen molar-refractivity contribution in [2.75, 3.05) is 6.61 Å². The van der Waals surface area contributed by atoms with E-state index in [9.17, 15) is 4.79 Å². The van der Waals surface area contributed by atoms with Crippen molar-refractivity contribution in [1.29, 1.82) is 5.26 Å². The second-order valence-corrected chi connectivity index (χ2v) is 4.65. The smallest absolute Gasteiger partial charge is 0.171 e. The number of hydrogen-bond donors (Lipinski definition) is 0. The van der Waals surface area contributed by atoms with Crippen LogP contribution in [0.15, 0.2) is 54.6 Å². The molecule has 3 nitrogen and oxygen atoms in total. The molecule has 0 fully saturated rings. The van der Waals surface area contributed by atoms with Gasteiger partial charge in [0.05, 0.1) is 18.6 Å². The first kappa shape index (κ1) is 14.8. The van der Waals surface area contributed by atoms with Crippen LogP contribution in [0, 0.1) is 11.3 Å². The fourth-order valence-electron chi connectivity index (χ4n) is 2.25. The molecule has 1 unspecified atom stereocenters. The van der Waals surface area contributed by atoms with Crippen LogP contribution in [-0.4, -0.2) is 12.4 Å². The van der Waals surface area contributed by atoms with Gasteiger partial charge < -0.3 is 4.74 Å². The second-order valence-electron chi connectivity index (χ2n) is 4.65. The molecule has 0 saturated carbocycles. The molecular weight excluding hydrogens is 262 g/mol. The summed E-state index contributed by atoms with van der Waals surface area (Å²) in [6.45, 7) is 2.45. The van der Waals surface area contributed by atoms with Crippen LogP contribution in [0.5, 0.6) is 5.75 Å². The van der Waals surface area contributed by atoms with E-state index in [2.05, 4.69) is 6.07 Å². The largest absolute Gasteiger partial charge is 0.494 e. The number of benzene rings is 2. The van der Waals surface area contributed by atoms with Crippen LogP contribution >= 0.6 is 0 Å². The van der Waals surface area contributed by atoms with Crippen molar-refractivity contribution < 1.29 is 9.53 Å². The Balaban J connectivity index is 2.31. The Bertz CT molecular complexity index is 644. The van der Waals surface area contributed by atoms with Gasteiger partial charge in [0.15, 0.2) is 5.78 Å². The number of hydrogen-bond acceptors (Lipinski definition) is 3. The van der Waals surface area contributed by atoms with Crippen LogP contribution < -0.4 is 4.74 Å². The maximum absolute atomic E-state index is 12.7. The minimum Gasteiger partial charge on any atom is -0.494 e. The van der Waals surface area contributed by atoms with E-state index in [-0.39, 0.29) is 12.2 Å². The predicted octanol–water partition coefficient (Wildman–Crippen LogP) is 3.97. The highest BCUT2D eigenvalue weighted by Crippen LogP contribution is 2.25. The summed E-state index contributed by atoms with van der Waals surface area (Å²) in [7, 11) is 0. The van der Waals surface area contributed by atoms with E-state index in [0.717, 1.165) is 5.56 Å². The Morgan fingerprint density at radius 2 is 1.95 bits per heavy atom. The normalized spacial score (nSPS) is 11.4. The third-order valence-corrected chi connectivity index (χ3v) is 3.24. The van der Waals surface area contributed by atoms with Crippen LogP contribution in [0.4, 0.5) is 0 Å². The lowest BCUT2D eigenvalue weighted by atomic mass is 9.88. The molecule has 0 radical (unpaired) electrons. The fourth-order valence-corrected chi connectivity index (χ4v) is 2.25. The van der Waals surface area contributed by atoms with Crippen molar-refractivity contribution >= 4 is 5.78 Å². The number of rotatable bonds is 6. The third kappa shape index (κ3) is 3.70. The van der Waals surface area contributed by atoms with E-state index in [0.29, 0.717) is 17.9 Å². The van der Waals surface area contributed by atoms with Crippen LogP contribution in [0.3, 0.4) is 0 Å². The number of Topliss-reactive ketones (excluding diaryl/α,β-unsaturated/α-hetero) is 1. The Kier molecular flexibility index (Phi) is 5.11. The van der Waals surface area contributed by atoms with Gasteiger partial charge in [-0.15, -0.1) is 0 Å². The molecule has 0 aliphatic heterocycles. The van der Waals surface area contributed by atoms with Gasteiger partial charge in [-0.2, -0.15) is 5.26 Å². The van der Waals surface area contributed by atoms with E-state index in [1.54, 1.807) is 18.2 Å². The Hall–Kier alpha value is -2.60. The first-order valence-corrected chi connectivity index (χ1v) is 6.95. The summed E-state index contributed by atoms with van der Waals surface area (Å²) >= 11 is 0. The van der Waals surface area contributed by atoms with Gasteiger partial charge in [-0.25, -0.2) is 0 Å². The van der Waals surface area contributed by atoms with Crippen molar-refractivity contribution in [1.82, 2.24) is 0 Å². The van der Waals surface area contributed by atoms with Gasteiger partial charge >= 0.3 is 0 Å². The lowest BCUT2D eigenvalue weighted by Crippen LogP contribution is -2.12. The van der Waals surface area contributed by atoms with Gasteiger partial charge in [0, 0.05) is 12.0 Å². The van der Waals surface area contributed by atoms with Crippen molar-refractivity contribution in [3.05, 3.63) is 65.7 Å². The Morgan fingerprint density at radius 1 is 1.19 bits per heavy atom. The van der Waals surface area contributed by atoms with E-state index in [1.807, 2.05) is 43.3 Å². The predicted molar refractivity (Wildman–Crippen MR) is 81.4 cm³/mol. The lowest BCUT2D eigenvalue weighted by Gasteiger charge is -2.14. The Morgan fingerprint density at radius 3 is 2.62 bits per heavy atom. The molecule has 0 amide bonds. The number of nitrogens with zero attached hydrogens (tertiary/aromatic N) is 1. The number of ketones is 1. The van der Waals surface area contributed by atoms with Crippen molar-refractivity contribution in [2.24, 2.45) is 0 Å². The first-order chi connectivity index (χ1) is 10.3. The van der Waals surface area contributed by atoms with E-state index < -0.39 is 5.92 Å². The molecule has 2 aromatic rings. The number of carbonyl (C=O) groups excluding carboxylic acids is 1. The molecule has 106 valence electrons. The SMILES string of the molecule is CCOc1cccc(C(=O)C(CC#N)c2ccccc2)c1. The number of carbonyl (C=O) groups is 1. The minimum atomic E-state index is -0.437. The summed E-state index contributed by atoms with van der Waals surface area (Å²) in [6.07, 6.45) is 0.168. The molecule has 0 spiro atoms. The van der Waals surface area contributed by atoms with Crippen LogP contribution in [0.2, 0.25) is 0 Å². The molecule has 21 heavy (non-hydrogen) atoms. The molecule has 2 rings (SSSR count). The lowest BCUT2D eigenvalue weighted by molar-refractivity contribution is 0.0960. The molecule has 0 heterocycles. The molecule has 0 bridgehead atoms. The summed E-state index contributed by atoms with van der Waals surface area (Å²) in [5.41, 5.74) is 1.44. The van der Waals surface area contributed by atoms with Crippen molar-refractivity contribution in [3.8, 4) is 11.8 Å². The van der Waals surface area contributed by atoms with Gasteiger partial charge in [-0.05, 0) is 24.6 Å². The summed E-state index contributed by atoms with van der Waals surface area (Å²) in [4.78, 5) is 12.7. The molecule has 0 aliphatic carbocycles. The molecule has 2 aromatic carbocycles. The van der Waals surface area contributed by atoms with E-state index in [4.69, 9.17) is 10.00 Å². The average Bonchev–Trinajstić information content (AvgIpc) is 2.53. The highest BCUT2D eigenvalue weighted by molar-refractivity contribution is 6.01. The fraction of sp³-hybridized carbons (Fsp3) is 0.222. The van der Waals surface area contributed by atoms with E-state index >= 15 is 0 Å². The molecule has 0 saturated heterocycles. The van der Waals surface area contributed by atoms with Crippen LogP contribution in [0.1, 0.15) is 35.2 Å². The maximum atomic E-state index is 12.7. The summed E-state index contributed by atoms with van der Waals surface area (Å²) in [5, 5.41) is 9.01. The summed E-state index contributed by atoms with van der Waals surface area (Å²) in [5.74, 6) is 0.185. The maximum Gasteiger partial charge on any atom is 0.171 e. The second kappa shape index (κ2) is 7.25. The number of ether oxygens (including phenoxy) is 1. The summed E-state index contributed by atoms with van der Waals surface area (Å²) in [6, 6.07) is 18.6. The standard InChI is InChI=1S/C18H17NO2/c1-2-21-16-10-6-9-15(13-16)18(20)17(11-12-19)14-7-4-3-5-8-14/h3-10,13,17H,2,11H2,1H3. The third-order valence-electron chi connectivity index (χ3n) is 3.24.